The summed E-state index contributed by atoms with van der Waals surface area (Å²) in [4.78, 5) is 11.1. The molecule has 0 aliphatic heterocycles. The fraction of sp³-hybridized carbons (Fsp3) is 0.188. The van der Waals surface area contributed by atoms with E-state index in [4.69, 9.17) is 5.73 Å². The smallest absolute Gasteiger partial charge is 0.248 e. The zero-order valence-electron chi connectivity index (χ0n) is 11.3. The van der Waals surface area contributed by atoms with Crippen molar-refractivity contribution in [1.82, 2.24) is 5.32 Å². The minimum Gasteiger partial charge on any atom is -0.366 e. The van der Waals surface area contributed by atoms with Crippen LogP contribution in [0.3, 0.4) is 0 Å². The van der Waals surface area contributed by atoms with Gasteiger partial charge >= 0.3 is 0 Å². The molecule has 0 bridgehead atoms. The van der Waals surface area contributed by atoms with Crippen molar-refractivity contribution in [2.24, 2.45) is 5.73 Å². The summed E-state index contributed by atoms with van der Waals surface area (Å²) in [6, 6.07) is 12.2. The normalized spacial score (nSPS) is 10.5. The fourth-order valence-electron chi connectivity index (χ4n) is 2.00. The van der Waals surface area contributed by atoms with Crippen molar-refractivity contribution in [1.29, 1.82) is 0 Å². The summed E-state index contributed by atoms with van der Waals surface area (Å²) in [7, 11) is 0. The number of primary amides is 1. The lowest BCUT2D eigenvalue weighted by Crippen LogP contribution is -2.16. The van der Waals surface area contributed by atoms with Crippen LogP contribution in [-0.2, 0) is 13.1 Å². The van der Waals surface area contributed by atoms with Crippen LogP contribution in [-0.4, -0.2) is 5.91 Å². The van der Waals surface area contributed by atoms with Crippen molar-refractivity contribution in [2.45, 2.75) is 20.0 Å². The minimum absolute atomic E-state index is 0.319. The number of benzene rings is 2. The number of rotatable bonds is 5. The Labute approximate surface area is 117 Å². The van der Waals surface area contributed by atoms with E-state index in [1.165, 1.54) is 29.3 Å². The highest BCUT2D eigenvalue weighted by Crippen LogP contribution is 2.11. The van der Waals surface area contributed by atoms with Gasteiger partial charge < -0.3 is 11.1 Å². The minimum atomic E-state index is -0.551. The molecule has 2 rings (SSSR count). The van der Waals surface area contributed by atoms with Gasteiger partial charge in [0.2, 0.25) is 5.91 Å². The van der Waals surface area contributed by atoms with Crippen LogP contribution in [0, 0.1) is 12.7 Å². The van der Waals surface area contributed by atoms with Gasteiger partial charge in [0.25, 0.3) is 0 Å². The highest BCUT2D eigenvalue weighted by molar-refractivity contribution is 5.92. The molecular formula is C16H17FN2O. The SMILES string of the molecule is Cc1ccccc1CNCc1cc(C(N)=O)ccc1F. The second kappa shape index (κ2) is 6.30. The number of hydrogen-bond acceptors (Lipinski definition) is 2. The molecule has 0 unspecified atom stereocenters. The molecule has 3 nitrogen and oxygen atoms in total. The summed E-state index contributed by atoms with van der Waals surface area (Å²) in [6.45, 7) is 3.03. The molecule has 1 amide bonds. The molecule has 0 atom stereocenters. The van der Waals surface area contributed by atoms with Gasteiger partial charge in [0.15, 0.2) is 0 Å². The van der Waals surface area contributed by atoms with Crippen molar-refractivity contribution >= 4 is 5.91 Å². The number of hydrogen-bond donors (Lipinski definition) is 2. The number of amides is 1. The molecule has 0 heterocycles. The summed E-state index contributed by atoms with van der Waals surface area (Å²) >= 11 is 0. The van der Waals surface area contributed by atoms with E-state index < -0.39 is 5.91 Å². The van der Waals surface area contributed by atoms with E-state index in [2.05, 4.69) is 5.32 Å². The van der Waals surface area contributed by atoms with Crippen LogP contribution in [0.25, 0.3) is 0 Å². The van der Waals surface area contributed by atoms with Crippen molar-refractivity contribution in [3.63, 3.8) is 0 Å². The molecule has 104 valence electrons. The molecule has 0 fully saturated rings. The van der Waals surface area contributed by atoms with Crippen molar-refractivity contribution in [3.05, 3.63) is 70.5 Å². The van der Waals surface area contributed by atoms with Crippen molar-refractivity contribution in [2.75, 3.05) is 0 Å². The van der Waals surface area contributed by atoms with E-state index in [1.54, 1.807) is 0 Å². The lowest BCUT2D eigenvalue weighted by molar-refractivity contribution is 0.1000. The summed E-state index contributed by atoms with van der Waals surface area (Å²) in [5, 5.41) is 3.17. The maximum absolute atomic E-state index is 13.6. The van der Waals surface area contributed by atoms with E-state index in [-0.39, 0.29) is 5.82 Å². The molecule has 4 heteroatoms. The van der Waals surface area contributed by atoms with Gasteiger partial charge in [0, 0.05) is 24.2 Å². The first-order chi connectivity index (χ1) is 9.58. The first kappa shape index (κ1) is 14.2. The largest absolute Gasteiger partial charge is 0.366 e. The predicted octanol–water partition coefficient (Wildman–Crippen LogP) is 2.52. The van der Waals surface area contributed by atoms with Crippen LogP contribution in [0.4, 0.5) is 4.39 Å². The van der Waals surface area contributed by atoms with Gasteiger partial charge in [-0.1, -0.05) is 24.3 Å². The number of halogens is 1. The number of aryl methyl sites for hydroxylation is 1. The van der Waals surface area contributed by atoms with E-state index >= 15 is 0 Å². The first-order valence-electron chi connectivity index (χ1n) is 6.41. The van der Waals surface area contributed by atoms with Crippen LogP contribution in [0.15, 0.2) is 42.5 Å². The van der Waals surface area contributed by atoms with E-state index in [0.717, 1.165) is 0 Å². The topological polar surface area (TPSA) is 55.1 Å². The van der Waals surface area contributed by atoms with Crippen LogP contribution < -0.4 is 11.1 Å². The monoisotopic (exact) mass is 272 g/mol. The van der Waals surface area contributed by atoms with E-state index in [0.29, 0.717) is 24.2 Å². The van der Waals surface area contributed by atoms with Crippen LogP contribution in [0.5, 0.6) is 0 Å². The Morgan fingerprint density at radius 3 is 2.55 bits per heavy atom. The average Bonchev–Trinajstić information content (AvgIpc) is 2.42. The van der Waals surface area contributed by atoms with Crippen LogP contribution in [0.1, 0.15) is 27.0 Å². The Balaban J connectivity index is 2.02. The molecule has 0 aromatic heterocycles. The molecule has 3 N–H and O–H groups in total. The molecule has 0 saturated carbocycles. The van der Waals surface area contributed by atoms with Crippen molar-refractivity contribution < 1.29 is 9.18 Å². The maximum atomic E-state index is 13.6. The Kier molecular flexibility index (Phi) is 4.48. The first-order valence-corrected chi connectivity index (χ1v) is 6.41. The summed E-state index contributed by atoms with van der Waals surface area (Å²) in [5.74, 6) is -0.891. The van der Waals surface area contributed by atoms with Crippen LogP contribution in [0.2, 0.25) is 0 Å². The van der Waals surface area contributed by atoms with Gasteiger partial charge in [-0.05, 0) is 36.2 Å². The second-order valence-corrected chi connectivity index (χ2v) is 4.70. The van der Waals surface area contributed by atoms with Gasteiger partial charge in [0.05, 0.1) is 0 Å². The molecule has 20 heavy (non-hydrogen) atoms. The van der Waals surface area contributed by atoms with Gasteiger partial charge in [-0.2, -0.15) is 0 Å². The Hall–Kier alpha value is -2.20. The molecular weight excluding hydrogens is 255 g/mol. The Bertz CT molecular complexity index is 626. The third kappa shape index (κ3) is 3.42. The zero-order valence-corrected chi connectivity index (χ0v) is 11.3. The third-order valence-electron chi connectivity index (χ3n) is 3.22. The van der Waals surface area contributed by atoms with Gasteiger partial charge in [-0.3, -0.25) is 4.79 Å². The number of nitrogens with two attached hydrogens (primary N) is 1. The predicted molar refractivity (Wildman–Crippen MR) is 76.6 cm³/mol. The lowest BCUT2D eigenvalue weighted by Gasteiger charge is -2.09. The molecule has 0 saturated heterocycles. The van der Waals surface area contributed by atoms with Crippen LogP contribution >= 0.6 is 0 Å². The summed E-state index contributed by atoms with van der Waals surface area (Å²) in [5.41, 5.74) is 8.30. The fourth-order valence-corrected chi connectivity index (χ4v) is 2.00. The second-order valence-electron chi connectivity index (χ2n) is 4.70. The third-order valence-corrected chi connectivity index (χ3v) is 3.22. The summed E-state index contributed by atoms with van der Waals surface area (Å²) in [6.07, 6.45) is 0. The quantitative estimate of drug-likeness (QED) is 0.878. The molecule has 0 aliphatic rings. The average molecular weight is 272 g/mol. The van der Waals surface area contributed by atoms with Gasteiger partial charge in [-0.25, -0.2) is 4.39 Å². The lowest BCUT2D eigenvalue weighted by atomic mass is 10.1. The molecule has 0 spiro atoms. The highest BCUT2D eigenvalue weighted by atomic mass is 19.1. The summed E-state index contributed by atoms with van der Waals surface area (Å²) < 4.78 is 13.6. The molecule has 0 aliphatic carbocycles. The number of nitrogens with one attached hydrogen (secondary N) is 1. The van der Waals surface area contributed by atoms with Crippen molar-refractivity contribution in [3.8, 4) is 0 Å². The highest BCUT2D eigenvalue weighted by Gasteiger charge is 2.07. The van der Waals surface area contributed by atoms with Gasteiger partial charge in [0.1, 0.15) is 5.82 Å². The maximum Gasteiger partial charge on any atom is 0.248 e. The Morgan fingerprint density at radius 1 is 1.15 bits per heavy atom. The number of carbonyl (C=O) groups is 1. The Morgan fingerprint density at radius 2 is 1.85 bits per heavy atom. The molecule has 0 radical (unpaired) electrons. The van der Waals surface area contributed by atoms with E-state index in [1.807, 2.05) is 31.2 Å². The molecule has 2 aromatic carbocycles. The number of carbonyl (C=O) groups excluding carboxylic acids is 1. The van der Waals surface area contributed by atoms with E-state index in [9.17, 15) is 9.18 Å². The van der Waals surface area contributed by atoms with Gasteiger partial charge in [-0.15, -0.1) is 0 Å². The molecule has 2 aromatic rings. The standard InChI is InChI=1S/C16H17FN2O/c1-11-4-2-3-5-13(11)9-19-10-14-8-12(16(18)20)6-7-15(14)17/h2-8,19H,9-10H2,1H3,(H2,18,20). The zero-order chi connectivity index (χ0) is 14.5.